The average molecular weight is 303 g/mol. The Labute approximate surface area is 129 Å². The van der Waals surface area contributed by atoms with E-state index in [2.05, 4.69) is 34.4 Å². The highest BCUT2D eigenvalue weighted by atomic mass is 32.1. The first kappa shape index (κ1) is 15.5. The van der Waals surface area contributed by atoms with Gasteiger partial charge < -0.3 is 10.2 Å². The zero-order valence-electron chi connectivity index (χ0n) is 12.7. The van der Waals surface area contributed by atoms with Gasteiger partial charge in [-0.25, -0.2) is 4.98 Å². The molecule has 2 aromatic rings. The van der Waals surface area contributed by atoms with Gasteiger partial charge in [0.25, 0.3) is 5.91 Å². The Balaban J connectivity index is 1.75. The average Bonchev–Trinajstić information content (AvgIpc) is 2.83. The summed E-state index contributed by atoms with van der Waals surface area (Å²) in [6.07, 6.45) is 0.902. The molecule has 1 aromatic heterocycles. The van der Waals surface area contributed by atoms with Crippen LogP contribution in [0.5, 0.6) is 0 Å². The molecule has 0 saturated carbocycles. The number of aromatic nitrogens is 1. The van der Waals surface area contributed by atoms with Crippen molar-refractivity contribution in [3.8, 4) is 0 Å². The molecule has 21 heavy (non-hydrogen) atoms. The van der Waals surface area contributed by atoms with Gasteiger partial charge in [0.05, 0.1) is 5.01 Å². The van der Waals surface area contributed by atoms with Crippen molar-refractivity contribution in [1.82, 2.24) is 10.3 Å². The summed E-state index contributed by atoms with van der Waals surface area (Å²) >= 11 is 1.56. The van der Waals surface area contributed by atoms with Crippen LogP contribution < -0.4 is 10.2 Å². The first-order valence-electron chi connectivity index (χ1n) is 7.06. The Morgan fingerprint density at radius 2 is 2.00 bits per heavy atom. The maximum absolute atomic E-state index is 12.0. The number of thiazole rings is 1. The topological polar surface area (TPSA) is 45.2 Å². The van der Waals surface area contributed by atoms with Crippen LogP contribution >= 0.6 is 11.3 Å². The number of aryl methyl sites for hydroxylation is 2. The van der Waals surface area contributed by atoms with Gasteiger partial charge in [0.1, 0.15) is 5.69 Å². The second kappa shape index (κ2) is 7.22. The van der Waals surface area contributed by atoms with Gasteiger partial charge in [-0.3, -0.25) is 4.79 Å². The van der Waals surface area contributed by atoms with Crippen molar-refractivity contribution >= 4 is 22.9 Å². The molecule has 1 heterocycles. The molecule has 0 saturated heterocycles. The van der Waals surface area contributed by atoms with Crippen LogP contribution in [0.1, 0.15) is 26.8 Å². The molecule has 2 rings (SSSR count). The smallest absolute Gasteiger partial charge is 0.271 e. The van der Waals surface area contributed by atoms with Crippen molar-refractivity contribution < 1.29 is 4.79 Å². The van der Waals surface area contributed by atoms with Crippen molar-refractivity contribution in [1.29, 1.82) is 0 Å². The molecule has 0 atom stereocenters. The quantitative estimate of drug-likeness (QED) is 0.834. The van der Waals surface area contributed by atoms with E-state index in [-0.39, 0.29) is 5.91 Å². The summed E-state index contributed by atoms with van der Waals surface area (Å²) in [5.74, 6) is -0.0702. The van der Waals surface area contributed by atoms with Gasteiger partial charge in [-0.2, -0.15) is 0 Å². The van der Waals surface area contributed by atoms with Crippen molar-refractivity contribution in [2.24, 2.45) is 0 Å². The molecule has 0 aliphatic rings. The maximum Gasteiger partial charge on any atom is 0.271 e. The highest BCUT2D eigenvalue weighted by molar-refractivity contribution is 7.11. The minimum Gasteiger partial charge on any atom is -0.375 e. The molecule has 4 nitrogen and oxygen atoms in total. The summed E-state index contributed by atoms with van der Waals surface area (Å²) in [7, 11) is 2.06. The van der Waals surface area contributed by atoms with Crippen molar-refractivity contribution in [3.05, 3.63) is 45.9 Å². The predicted molar refractivity (Wildman–Crippen MR) is 88.3 cm³/mol. The molecule has 0 fully saturated rings. The summed E-state index contributed by atoms with van der Waals surface area (Å²) in [5, 5.41) is 3.87. The molecule has 0 spiro atoms. The highest BCUT2D eigenvalue weighted by Crippen LogP contribution is 2.16. The lowest BCUT2D eigenvalue weighted by molar-refractivity contribution is 0.0948. The molecule has 1 aromatic carbocycles. The molecule has 112 valence electrons. The van der Waals surface area contributed by atoms with Gasteiger partial charge in [0.15, 0.2) is 0 Å². The molecule has 0 aliphatic carbocycles. The van der Waals surface area contributed by atoms with Crippen molar-refractivity contribution in [2.75, 3.05) is 25.0 Å². The number of rotatable bonds is 6. The summed E-state index contributed by atoms with van der Waals surface area (Å²) in [5.41, 5.74) is 1.75. The third-order valence-corrected chi connectivity index (χ3v) is 4.16. The van der Waals surface area contributed by atoms with Crippen LogP contribution in [0.4, 0.5) is 5.69 Å². The first-order chi connectivity index (χ1) is 10.1. The second-order valence-corrected chi connectivity index (χ2v) is 6.41. The Bertz CT molecular complexity index is 595. The molecule has 0 aliphatic heterocycles. The standard InChI is InChI=1S/C16H21N3OS/c1-12-15(18-13(2)21-12)16(20)17-10-7-11-19(3)14-8-5-4-6-9-14/h4-6,8-9H,7,10-11H2,1-3H3,(H,17,20). The van der Waals surface area contributed by atoms with E-state index < -0.39 is 0 Å². The lowest BCUT2D eigenvalue weighted by Gasteiger charge is -2.19. The van der Waals surface area contributed by atoms with Crippen LogP contribution in [-0.4, -0.2) is 31.0 Å². The monoisotopic (exact) mass is 303 g/mol. The number of nitrogens with zero attached hydrogens (tertiary/aromatic N) is 2. The Hall–Kier alpha value is -1.88. The van der Waals surface area contributed by atoms with Gasteiger partial charge in [-0.1, -0.05) is 18.2 Å². The number of carbonyl (C=O) groups is 1. The van der Waals surface area contributed by atoms with Gasteiger partial charge in [-0.15, -0.1) is 11.3 Å². The first-order valence-corrected chi connectivity index (χ1v) is 7.88. The molecule has 0 unspecified atom stereocenters. The molecule has 5 heteroatoms. The second-order valence-electron chi connectivity index (χ2n) is 5.00. The summed E-state index contributed by atoms with van der Waals surface area (Å²) in [6.45, 7) is 5.41. The van der Waals surface area contributed by atoms with Gasteiger partial charge in [0, 0.05) is 30.7 Å². The molecule has 0 radical (unpaired) electrons. The zero-order valence-corrected chi connectivity index (χ0v) is 13.5. The molecule has 1 N–H and O–H groups in total. The van der Waals surface area contributed by atoms with E-state index in [0.29, 0.717) is 12.2 Å². The lowest BCUT2D eigenvalue weighted by Crippen LogP contribution is -2.28. The number of nitrogens with one attached hydrogen (secondary N) is 1. The van der Waals surface area contributed by atoms with Crippen LogP contribution in [0.2, 0.25) is 0 Å². The Morgan fingerprint density at radius 1 is 1.29 bits per heavy atom. The zero-order chi connectivity index (χ0) is 15.2. The summed E-state index contributed by atoms with van der Waals surface area (Å²) in [4.78, 5) is 19.4. The number of hydrogen-bond donors (Lipinski definition) is 1. The summed E-state index contributed by atoms with van der Waals surface area (Å²) < 4.78 is 0. The summed E-state index contributed by atoms with van der Waals surface area (Å²) in [6, 6.07) is 10.2. The van der Waals surface area contributed by atoms with Crippen LogP contribution in [0, 0.1) is 13.8 Å². The van der Waals surface area contributed by atoms with E-state index in [0.717, 1.165) is 22.9 Å². The molecular weight excluding hydrogens is 282 g/mol. The van der Waals surface area contributed by atoms with Gasteiger partial charge in [0.2, 0.25) is 0 Å². The normalized spacial score (nSPS) is 10.4. The van der Waals surface area contributed by atoms with Crippen LogP contribution in [-0.2, 0) is 0 Å². The number of carbonyl (C=O) groups excluding carboxylic acids is 1. The highest BCUT2D eigenvalue weighted by Gasteiger charge is 2.13. The minimum absolute atomic E-state index is 0.0702. The Kier molecular flexibility index (Phi) is 5.33. The van der Waals surface area contributed by atoms with E-state index in [1.54, 1.807) is 11.3 Å². The van der Waals surface area contributed by atoms with Crippen LogP contribution in [0.15, 0.2) is 30.3 Å². The SMILES string of the molecule is Cc1nc(C(=O)NCCCN(C)c2ccccc2)c(C)s1. The lowest BCUT2D eigenvalue weighted by atomic mass is 10.3. The van der Waals surface area contributed by atoms with Crippen molar-refractivity contribution in [3.63, 3.8) is 0 Å². The van der Waals surface area contributed by atoms with E-state index >= 15 is 0 Å². The van der Waals surface area contributed by atoms with Crippen molar-refractivity contribution in [2.45, 2.75) is 20.3 Å². The van der Waals surface area contributed by atoms with E-state index in [1.165, 1.54) is 5.69 Å². The Morgan fingerprint density at radius 3 is 2.62 bits per heavy atom. The molecule has 1 amide bonds. The number of para-hydroxylation sites is 1. The predicted octanol–water partition coefficient (Wildman–Crippen LogP) is 3.02. The fraction of sp³-hybridized carbons (Fsp3) is 0.375. The van der Waals surface area contributed by atoms with E-state index in [4.69, 9.17) is 0 Å². The van der Waals surface area contributed by atoms with E-state index in [1.807, 2.05) is 32.0 Å². The van der Waals surface area contributed by atoms with Gasteiger partial charge in [-0.05, 0) is 32.4 Å². The minimum atomic E-state index is -0.0702. The van der Waals surface area contributed by atoms with E-state index in [9.17, 15) is 4.79 Å². The number of hydrogen-bond acceptors (Lipinski definition) is 4. The third-order valence-electron chi connectivity index (χ3n) is 3.27. The maximum atomic E-state index is 12.0. The fourth-order valence-corrected chi connectivity index (χ4v) is 2.97. The van der Waals surface area contributed by atoms with Crippen LogP contribution in [0.3, 0.4) is 0 Å². The number of amides is 1. The van der Waals surface area contributed by atoms with Crippen LogP contribution in [0.25, 0.3) is 0 Å². The fourth-order valence-electron chi connectivity index (χ4n) is 2.15. The molecule has 0 bridgehead atoms. The third kappa shape index (κ3) is 4.29. The largest absolute Gasteiger partial charge is 0.375 e. The van der Waals surface area contributed by atoms with Gasteiger partial charge >= 0.3 is 0 Å². The molecular formula is C16H21N3OS. The number of benzene rings is 1. The number of anilines is 1.